The van der Waals surface area contributed by atoms with Gasteiger partial charge in [-0.1, -0.05) is 0 Å². The highest BCUT2D eigenvalue weighted by Gasteiger charge is 2.33. The molecule has 1 aliphatic carbocycles. The van der Waals surface area contributed by atoms with Crippen molar-refractivity contribution in [1.29, 1.82) is 0 Å². The molecule has 2 aliphatic heterocycles. The van der Waals surface area contributed by atoms with Gasteiger partial charge in [0.25, 0.3) is 5.91 Å². The lowest BCUT2D eigenvalue weighted by Gasteiger charge is -2.22. The number of anilines is 1. The van der Waals surface area contributed by atoms with Crippen molar-refractivity contribution in [2.45, 2.75) is 44.2 Å². The summed E-state index contributed by atoms with van der Waals surface area (Å²) in [7, 11) is 0. The van der Waals surface area contributed by atoms with Gasteiger partial charge < -0.3 is 19.1 Å². The lowest BCUT2D eigenvalue weighted by Crippen LogP contribution is -2.32. The molecule has 2 aromatic rings. The van der Waals surface area contributed by atoms with Crippen molar-refractivity contribution in [3.63, 3.8) is 0 Å². The van der Waals surface area contributed by atoms with Crippen LogP contribution < -0.4 is 9.64 Å². The number of nitrogens with zero attached hydrogens (tertiary/aromatic N) is 4. The zero-order valence-corrected chi connectivity index (χ0v) is 15.6. The van der Waals surface area contributed by atoms with Gasteiger partial charge in [-0.3, -0.25) is 4.79 Å². The molecule has 3 aliphatic rings. The summed E-state index contributed by atoms with van der Waals surface area (Å²) in [6, 6.07) is 8.38. The van der Waals surface area contributed by atoms with Crippen LogP contribution in [0.1, 0.15) is 48.6 Å². The Bertz CT molecular complexity index is 823. The molecule has 5 rings (SSSR count). The zero-order chi connectivity index (χ0) is 18.2. The predicted octanol–water partition coefficient (Wildman–Crippen LogP) is 3.11. The number of ether oxygens (including phenoxy) is 1. The lowest BCUT2D eigenvalue weighted by molar-refractivity contribution is 0.0761. The molecule has 0 bridgehead atoms. The number of hydrogen-bond donors (Lipinski definition) is 0. The maximum atomic E-state index is 13.0. The molecule has 6 heteroatoms. The van der Waals surface area contributed by atoms with E-state index in [0.717, 1.165) is 43.3 Å². The maximum Gasteiger partial charge on any atom is 0.270 e. The van der Waals surface area contributed by atoms with Crippen LogP contribution in [0.2, 0.25) is 0 Å². The predicted molar refractivity (Wildman–Crippen MR) is 103 cm³/mol. The number of carbonyl (C=O) groups excluding carboxylic acids is 1. The van der Waals surface area contributed by atoms with E-state index < -0.39 is 0 Å². The third-order valence-electron chi connectivity index (χ3n) is 5.82. The van der Waals surface area contributed by atoms with Gasteiger partial charge in [0.15, 0.2) is 11.6 Å². The van der Waals surface area contributed by atoms with Gasteiger partial charge in [0.1, 0.15) is 11.8 Å². The number of rotatable bonds is 5. The maximum absolute atomic E-state index is 13.0. The average Bonchev–Trinajstić information content (AvgIpc) is 3.13. The minimum atomic E-state index is 0.0313. The molecular formula is C21H26N4O2. The van der Waals surface area contributed by atoms with Crippen molar-refractivity contribution in [3.05, 3.63) is 42.4 Å². The third-order valence-corrected chi connectivity index (χ3v) is 5.82. The quantitative estimate of drug-likeness (QED) is 0.816. The van der Waals surface area contributed by atoms with Gasteiger partial charge in [0.2, 0.25) is 0 Å². The van der Waals surface area contributed by atoms with Gasteiger partial charge in [-0.15, -0.1) is 0 Å². The molecule has 1 saturated carbocycles. The Hall–Kier alpha value is -2.50. The lowest BCUT2D eigenvalue weighted by atomic mass is 10.3. The van der Waals surface area contributed by atoms with Crippen LogP contribution in [0, 0.1) is 0 Å². The Balaban J connectivity index is 1.26. The summed E-state index contributed by atoms with van der Waals surface area (Å²) in [4.78, 5) is 21.8. The first kappa shape index (κ1) is 16.7. The first-order valence-corrected chi connectivity index (χ1v) is 10.1. The van der Waals surface area contributed by atoms with E-state index in [1.165, 1.54) is 25.7 Å². The standard InChI is InChI=1S/C21H26N4O2/c26-21(18-5-4-13-25(18)16-7-8-16)24-14-9-17(15-24)27-19-6-3-10-22-20(19)23-11-1-2-12-23/h3-6,10,13,16-17H,1-2,7-9,11-12,14-15H2. The SMILES string of the molecule is O=C(c1cccn1C1CC1)N1CCC(Oc2cccnc2N2CCCC2)C1. The van der Waals surface area contributed by atoms with E-state index in [1.54, 1.807) is 0 Å². The van der Waals surface area contributed by atoms with Gasteiger partial charge in [-0.05, 0) is 49.9 Å². The summed E-state index contributed by atoms with van der Waals surface area (Å²) in [6.07, 6.45) is 9.55. The summed E-state index contributed by atoms with van der Waals surface area (Å²) in [5, 5.41) is 0. The Morgan fingerprint density at radius 2 is 1.93 bits per heavy atom. The van der Waals surface area contributed by atoms with Crippen LogP contribution in [-0.2, 0) is 0 Å². The monoisotopic (exact) mass is 366 g/mol. The van der Waals surface area contributed by atoms with E-state index in [-0.39, 0.29) is 12.0 Å². The smallest absolute Gasteiger partial charge is 0.270 e. The first-order chi connectivity index (χ1) is 13.3. The number of pyridine rings is 1. The highest BCUT2D eigenvalue weighted by Crippen LogP contribution is 2.36. The molecule has 4 heterocycles. The Kier molecular flexibility index (Phi) is 4.26. The molecule has 27 heavy (non-hydrogen) atoms. The summed E-state index contributed by atoms with van der Waals surface area (Å²) in [6.45, 7) is 3.48. The summed E-state index contributed by atoms with van der Waals surface area (Å²) < 4.78 is 8.44. The van der Waals surface area contributed by atoms with Crippen molar-refractivity contribution in [2.24, 2.45) is 0 Å². The Labute approximate surface area is 159 Å². The van der Waals surface area contributed by atoms with Crippen LogP contribution in [0.25, 0.3) is 0 Å². The fourth-order valence-corrected chi connectivity index (χ4v) is 4.24. The second-order valence-corrected chi connectivity index (χ2v) is 7.83. The van der Waals surface area contributed by atoms with E-state index in [4.69, 9.17) is 4.74 Å². The molecule has 0 spiro atoms. The van der Waals surface area contributed by atoms with Crippen molar-refractivity contribution < 1.29 is 9.53 Å². The fraction of sp³-hybridized carbons (Fsp3) is 0.524. The van der Waals surface area contributed by atoms with Gasteiger partial charge in [-0.2, -0.15) is 0 Å². The molecule has 2 aromatic heterocycles. The summed E-state index contributed by atoms with van der Waals surface area (Å²) >= 11 is 0. The molecule has 1 atom stereocenters. The number of hydrogen-bond acceptors (Lipinski definition) is 4. The third kappa shape index (κ3) is 3.29. The van der Waals surface area contributed by atoms with Crippen LogP contribution in [-0.4, -0.2) is 52.6 Å². The van der Waals surface area contributed by atoms with Gasteiger partial charge in [0, 0.05) is 44.5 Å². The van der Waals surface area contributed by atoms with Gasteiger partial charge in [0.05, 0.1) is 6.54 Å². The largest absolute Gasteiger partial charge is 0.485 e. The van der Waals surface area contributed by atoms with Crippen LogP contribution >= 0.6 is 0 Å². The van der Waals surface area contributed by atoms with Crippen LogP contribution in [0.3, 0.4) is 0 Å². The first-order valence-electron chi connectivity index (χ1n) is 10.1. The van der Waals surface area contributed by atoms with Crippen LogP contribution in [0.4, 0.5) is 5.82 Å². The van der Waals surface area contributed by atoms with E-state index in [9.17, 15) is 4.79 Å². The van der Waals surface area contributed by atoms with Crippen molar-refractivity contribution >= 4 is 11.7 Å². The molecule has 0 radical (unpaired) electrons. The summed E-state index contributed by atoms with van der Waals surface area (Å²) in [5.74, 6) is 1.92. The van der Waals surface area contributed by atoms with E-state index in [0.29, 0.717) is 12.6 Å². The normalized spacial score (nSPS) is 22.4. The van der Waals surface area contributed by atoms with Crippen LogP contribution in [0.5, 0.6) is 5.75 Å². The van der Waals surface area contributed by atoms with Gasteiger partial charge >= 0.3 is 0 Å². The molecule has 0 N–H and O–H groups in total. The summed E-state index contributed by atoms with van der Waals surface area (Å²) in [5.41, 5.74) is 0.817. The Morgan fingerprint density at radius 3 is 2.74 bits per heavy atom. The van der Waals surface area contributed by atoms with Crippen LogP contribution in [0.15, 0.2) is 36.7 Å². The molecule has 6 nitrogen and oxygen atoms in total. The zero-order valence-electron chi connectivity index (χ0n) is 15.6. The van der Waals surface area contributed by atoms with E-state index >= 15 is 0 Å². The van der Waals surface area contributed by atoms with Gasteiger partial charge in [-0.25, -0.2) is 4.98 Å². The molecular weight excluding hydrogens is 340 g/mol. The molecule has 3 fully saturated rings. The number of amides is 1. The minimum Gasteiger partial charge on any atom is -0.485 e. The van der Waals surface area contributed by atoms with Crippen molar-refractivity contribution in [3.8, 4) is 5.75 Å². The van der Waals surface area contributed by atoms with E-state index in [1.807, 2.05) is 41.6 Å². The Morgan fingerprint density at radius 1 is 1.07 bits per heavy atom. The average molecular weight is 366 g/mol. The molecule has 1 amide bonds. The number of aromatic nitrogens is 2. The topological polar surface area (TPSA) is 50.6 Å². The number of carbonyl (C=O) groups is 1. The minimum absolute atomic E-state index is 0.0313. The molecule has 0 aromatic carbocycles. The van der Waals surface area contributed by atoms with E-state index in [2.05, 4.69) is 14.5 Å². The molecule has 142 valence electrons. The highest BCUT2D eigenvalue weighted by molar-refractivity contribution is 5.93. The van der Waals surface area contributed by atoms with Crippen molar-refractivity contribution in [2.75, 3.05) is 31.1 Å². The second-order valence-electron chi connectivity index (χ2n) is 7.83. The molecule has 2 saturated heterocycles. The van der Waals surface area contributed by atoms with Crippen molar-refractivity contribution in [1.82, 2.24) is 14.5 Å². The fourth-order valence-electron chi connectivity index (χ4n) is 4.24. The number of likely N-dealkylation sites (tertiary alicyclic amines) is 1. The highest BCUT2D eigenvalue weighted by atomic mass is 16.5. The second kappa shape index (κ2) is 6.91. The molecule has 1 unspecified atom stereocenters.